The molecule has 0 aliphatic rings. The van der Waals surface area contributed by atoms with Crippen LogP contribution in [0, 0.1) is 0 Å². The van der Waals surface area contributed by atoms with Crippen molar-refractivity contribution in [2.24, 2.45) is 0 Å². The lowest BCUT2D eigenvalue weighted by atomic mass is 10.2. The minimum absolute atomic E-state index is 0.211. The summed E-state index contributed by atoms with van der Waals surface area (Å²) < 4.78 is 0. The number of alkyl halides is 1. The van der Waals surface area contributed by atoms with Crippen LogP contribution in [0.15, 0.2) is 36.5 Å². The summed E-state index contributed by atoms with van der Waals surface area (Å²) in [6.45, 7) is 0.592. The Labute approximate surface area is 100 Å². The fourth-order valence-electron chi connectivity index (χ4n) is 1.10. The number of hydrogen-bond donors (Lipinski definition) is 2. The number of rotatable bonds is 5. The SMILES string of the molecule is O=C(N/C=C/c1ccccc1)NCCCCl. The van der Waals surface area contributed by atoms with Crippen molar-refractivity contribution in [2.75, 3.05) is 12.4 Å². The molecule has 0 atom stereocenters. The third kappa shape index (κ3) is 5.41. The third-order valence-electron chi connectivity index (χ3n) is 1.89. The number of nitrogens with one attached hydrogen (secondary N) is 2. The van der Waals surface area contributed by atoms with E-state index in [1.54, 1.807) is 6.20 Å². The topological polar surface area (TPSA) is 41.1 Å². The van der Waals surface area contributed by atoms with E-state index in [4.69, 9.17) is 11.6 Å². The van der Waals surface area contributed by atoms with E-state index in [0.29, 0.717) is 12.4 Å². The summed E-state index contributed by atoms with van der Waals surface area (Å²) in [6.07, 6.45) is 4.23. The molecule has 0 heterocycles. The van der Waals surface area contributed by atoms with Crippen molar-refractivity contribution in [3.8, 4) is 0 Å². The maximum Gasteiger partial charge on any atom is 0.318 e. The molecule has 1 aromatic carbocycles. The number of carbonyl (C=O) groups excluding carboxylic acids is 1. The van der Waals surface area contributed by atoms with Crippen molar-refractivity contribution >= 4 is 23.7 Å². The average molecular weight is 239 g/mol. The smallest absolute Gasteiger partial charge is 0.318 e. The molecule has 0 unspecified atom stereocenters. The summed E-state index contributed by atoms with van der Waals surface area (Å²) in [5.41, 5.74) is 1.04. The summed E-state index contributed by atoms with van der Waals surface area (Å²) in [6, 6.07) is 9.55. The highest BCUT2D eigenvalue weighted by Crippen LogP contribution is 1.99. The van der Waals surface area contributed by atoms with E-state index in [9.17, 15) is 4.79 Å². The van der Waals surface area contributed by atoms with Crippen molar-refractivity contribution in [1.82, 2.24) is 10.6 Å². The van der Waals surface area contributed by atoms with Crippen LogP contribution in [0.3, 0.4) is 0 Å². The summed E-state index contributed by atoms with van der Waals surface area (Å²) in [5.74, 6) is 0.556. The molecule has 0 radical (unpaired) electrons. The lowest BCUT2D eigenvalue weighted by molar-refractivity contribution is 0.244. The van der Waals surface area contributed by atoms with E-state index in [1.807, 2.05) is 36.4 Å². The summed E-state index contributed by atoms with van der Waals surface area (Å²) >= 11 is 5.48. The molecule has 86 valence electrons. The first-order valence-corrected chi connectivity index (χ1v) is 5.68. The van der Waals surface area contributed by atoms with E-state index in [0.717, 1.165) is 12.0 Å². The monoisotopic (exact) mass is 238 g/mol. The van der Waals surface area contributed by atoms with Crippen LogP contribution >= 0.6 is 11.6 Å². The number of carbonyl (C=O) groups is 1. The van der Waals surface area contributed by atoms with Crippen molar-refractivity contribution in [2.45, 2.75) is 6.42 Å². The molecule has 0 fully saturated rings. The fraction of sp³-hybridized carbons (Fsp3) is 0.250. The number of amides is 2. The zero-order chi connectivity index (χ0) is 11.6. The number of urea groups is 1. The zero-order valence-electron chi connectivity index (χ0n) is 8.95. The molecule has 2 N–H and O–H groups in total. The molecule has 0 bridgehead atoms. The van der Waals surface area contributed by atoms with Gasteiger partial charge in [-0.25, -0.2) is 4.79 Å². The van der Waals surface area contributed by atoms with Gasteiger partial charge < -0.3 is 10.6 Å². The highest BCUT2D eigenvalue weighted by molar-refractivity contribution is 6.17. The molecule has 0 aromatic heterocycles. The van der Waals surface area contributed by atoms with E-state index >= 15 is 0 Å². The first-order chi connectivity index (χ1) is 7.83. The second kappa shape index (κ2) is 7.77. The van der Waals surface area contributed by atoms with Crippen LogP contribution < -0.4 is 10.6 Å². The van der Waals surface area contributed by atoms with Gasteiger partial charge >= 0.3 is 6.03 Å². The van der Waals surface area contributed by atoms with Gasteiger partial charge in [0, 0.05) is 18.6 Å². The summed E-state index contributed by atoms with van der Waals surface area (Å²) in [4.78, 5) is 11.2. The molecule has 0 saturated heterocycles. The Bertz CT molecular complexity index is 338. The molecule has 0 aliphatic heterocycles. The Balaban J connectivity index is 2.24. The number of hydrogen-bond acceptors (Lipinski definition) is 1. The van der Waals surface area contributed by atoms with Crippen LogP contribution in [-0.2, 0) is 0 Å². The van der Waals surface area contributed by atoms with Gasteiger partial charge in [0.05, 0.1) is 0 Å². The van der Waals surface area contributed by atoms with Crippen molar-refractivity contribution < 1.29 is 4.79 Å². The Hall–Kier alpha value is -1.48. The van der Waals surface area contributed by atoms with E-state index in [2.05, 4.69) is 10.6 Å². The van der Waals surface area contributed by atoms with Crippen molar-refractivity contribution in [1.29, 1.82) is 0 Å². The van der Waals surface area contributed by atoms with Gasteiger partial charge in [0.25, 0.3) is 0 Å². The van der Waals surface area contributed by atoms with E-state index < -0.39 is 0 Å². The largest absolute Gasteiger partial charge is 0.338 e. The quantitative estimate of drug-likeness (QED) is 0.601. The maximum atomic E-state index is 11.2. The van der Waals surface area contributed by atoms with Crippen molar-refractivity contribution in [3.63, 3.8) is 0 Å². The van der Waals surface area contributed by atoms with Crippen LogP contribution in [0.1, 0.15) is 12.0 Å². The maximum absolute atomic E-state index is 11.2. The Morgan fingerprint density at radius 2 is 2.06 bits per heavy atom. The fourth-order valence-corrected chi connectivity index (χ4v) is 1.23. The number of benzene rings is 1. The van der Waals surface area contributed by atoms with Gasteiger partial charge in [-0.05, 0) is 18.1 Å². The van der Waals surface area contributed by atoms with Crippen LogP contribution in [0.4, 0.5) is 4.79 Å². The van der Waals surface area contributed by atoms with Gasteiger partial charge in [-0.1, -0.05) is 30.3 Å². The molecule has 1 aromatic rings. The number of halogens is 1. The van der Waals surface area contributed by atoms with Gasteiger partial charge in [0.1, 0.15) is 0 Å². The van der Waals surface area contributed by atoms with E-state index in [1.165, 1.54) is 0 Å². The lowest BCUT2D eigenvalue weighted by Gasteiger charge is -2.02. The summed E-state index contributed by atoms with van der Waals surface area (Å²) in [7, 11) is 0. The molecule has 4 heteroatoms. The molecule has 1 rings (SSSR count). The molecular formula is C12H15ClN2O. The first kappa shape index (κ1) is 12.6. The van der Waals surface area contributed by atoms with Gasteiger partial charge in [-0.3, -0.25) is 0 Å². The van der Waals surface area contributed by atoms with Crippen LogP contribution in [0.2, 0.25) is 0 Å². The van der Waals surface area contributed by atoms with E-state index in [-0.39, 0.29) is 6.03 Å². The van der Waals surface area contributed by atoms with Gasteiger partial charge in [0.15, 0.2) is 0 Å². The third-order valence-corrected chi connectivity index (χ3v) is 2.15. The van der Waals surface area contributed by atoms with Gasteiger partial charge in [0.2, 0.25) is 0 Å². The molecule has 3 nitrogen and oxygen atoms in total. The van der Waals surface area contributed by atoms with Crippen LogP contribution in [-0.4, -0.2) is 18.5 Å². The highest BCUT2D eigenvalue weighted by atomic mass is 35.5. The molecule has 0 spiro atoms. The second-order valence-corrected chi connectivity index (χ2v) is 3.56. The molecule has 0 saturated carbocycles. The van der Waals surface area contributed by atoms with Crippen LogP contribution in [0.5, 0.6) is 0 Å². The second-order valence-electron chi connectivity index (χ2n) is 3.19. The molecule has 2 amide bonds. The zero-order valence-corrected chi connectivity index (χ0v) is 9.70. The summed E-state index contributed by atoms with van der Waals surface area (Å²) in [5, 5.41) is 5.30. The molecule has 16 heavy (non-hydrogen) atoms. The Morgan fingerprint density at radius 3 is 2.75 bits per heavy atom. The average Bonchev–Trinajstić information content (AvgIpc) is 2.31. The highest BCUT2D eigenvalue weighted by Gasteiger charge is 1.94. The Kier molecular flexibility index (Phi) is 6.11. The van der Waals surface area contributed by atoms with Crippen LogP contribution in [0.25, 0.3) is 6.08 Å². The normalized spacial score (nSPS) is 10.3. The van der Waals surface area contributed by atoms with Gasteiger partial charge in [-0.2, -0.15) is 0 Å². The standard InChI is InChI=1S/C12H15ClN2O/c13-8-4-9-14-12(16)15-10-7-11-5-2-1-3-6-11/h1-3,5-7,10H,4,8-9H2,(H2,14,15,16)/b10-7+. The predicted molar refractivity (Wildman–Crippen MR) is 67.3 cm³/mol. The lowest BCUT2D eigenvalue weighted by Crippen LogP contribution is -2.32. The van der Waals surface area contributed by atoms with Crippen molar-refractivity contribution in [3.05, 3.63) is 42.1 Å². The molecular weight excluding hydrogens is 224 g/mol. The molecule has 0 aliphatic carbocycles. The Morgan fingerprint density at radius 1 is 1.31 bits per heavy atom. The minimum Gasteiger partial charge on any atom is -0.338 e. The minimum atomic E-state index is -0.211. The van der Waals surface area contributed by atoms with Gasteiger partial charge in [-0.15, -0.1) is 11.6 Å². The first-order valence-electron chi connectivity index (χ1n) is 5.15. The predicted octanol–water partition coefficient (Wildman–Crippen LogP) is 2.59.